The summed E-state index contributed by atoms with van der Waals surface area (Å²) in [7, 11) is 0. The number of carbonyl (C=O) groups is 3. The van der Waals surface area contributed by atoms with Crippen molar-refractivity contribution in [3.63, 3.8) is 0 Å². The third-order valence-corrected chi connectivity index (χ3v) is 9.03. The lowest BCUT2D eigenvalue weighted by atomic mass is 9.74. The number of unbranched alkanes of at least 4 members (excludes halogenated alkanes) is 2. The van der Waals surface area contributed by atoms with E-state index in [1.165, 1.54) is 0 Å². The highest BCUT2D eigenvalue weighted by molar-refractivity contribution is 6.33. The molecular weight excluding hydrogens is 535 g/mol. The number of rotatable bonds is 8. The number of fused-ring (bicyclic) bond motifs is 1. The van der Waals surface area contributed by atoms with Gasteiger partial charge in [0.25, 0.3) is 5.91 Å². The molecular formula is C30H32Cl2N4O3. The van der Waals surface area contributed by atoms with Gasteiger partial charge in [-0.15, -0.1) is 0 Å². The first-order chi connectivity index (χ1) is 18.8. The molecule has 2 aromatic rings. The van der Waals surface area contributed by atoms with E-state index in [2.05, 4.69) is 22.4 Å². The molecule has 2 aromatic carbocycles. The Morgan fingerprint density at radius 3 is 2.59 bits per heavy atom. The molecule has 0 saturated carbocycles. The van der Waals surface area contributed by atoms with Gasteiger partial charge >= 0.3 is 0 Å². The average Bonchev–Trinajstić information content (AvgIpc) is 3.27. The summed E-state index contributed by atoms with van der Waals surface area (Å²) in [5.41, 5.74) is 3.09. The zero-order valence-corrected chi connectivity index (χ0v) is 23.4. The van der Waals surface area contributed by atoms with Crippen LogP contribution in [0.25, 0.3) is 0 Å². The molecule has 39 heavy (non-hydrogen) atoms. The fourth-order valence-corrected chi connectivity index (χ4v) is 6.65. The Morgan fingerprint density at radius 1 is 1.05 bits per heavy atom. The Balaban J connectivity index is 1.10. The lowest BCUT2D eigenvalue weighted by molar-refractivity contribution is -0.136. The van der Waals surface area contributed by atoms with Crippen molar-refractivity contribution in [2.24, 2.45) is 0 Å². The first kappa shape index (κ1) is 27.6. The van der Waals surface area contributed by atoms with Gasteiger partial charge in [-0.2, -0.15) is 5.26 Å². The molecule has 3 aliphatic rings. The number of nitriles is 1. The van der Waals surface area contributed by atoms with E-state index in [-0.39, 0.29) is 24.1 Å². The molecule has 5 rings (SSSR count). The van der Waals surface area contributed by atoms with E-state index in [1.54, 1.807) is 17.0 Å². The molecule has 3 aliphatic heterocycles. The maximum atomic E-state index is 13.0. The fraction of sp³-hybridized carbons (Fsp3) is 0.467. The van der Waals surface area contributed by atoms with Crippen LogP contribution in [0.3, 0.4) is 0 Å². The molecule has 2 saturated heterocycles. The summed E-state index contributed by atoms with van der Waals surface area (Å²) in [5.74, 6) is -0.783. The quantitative estimate of drug-likeness (QED) is 0.357. The number of aryl methyl sites for hydroxylation is 1. The Morgan fingerprint density at radius 2 is 1.85 bits per heavy atom. The van der Waals surface area contributed by atoms with E-state index < -0.39 is 11.5 Å². The Bertz CT molecular complexity index is 1330. The van der Waals surface area contributed by atoms with E-state index in [1.807, 2.05) is 18.2 Å². The predicted octanol–water partition coefficient (Wildman–Crippen LogP) is 5.02. The molecule has 1 N–H and O–H groups in total. The average molecular weight is 568 g/mol. The van der Waals surface area contributed by atoms with Gasteiger partial charge in [0.15, 0.2) is 0 Å². The summed E-state index contributed by atoms with van der Waals surface area (Å²) >= 11 is 12.6. The first-order valence-electron chi connectivity index (χ1n) is 13.7. The second-order valence-corrected chi connectivity index (χ2v) is 11.7. The number of hydrogen-bond acceptors (Lipinski definition) is 5. The Hall–Kier alpha value is -2.92. The smallest absolute Gasteiger partial charge is 0.255 e. The van der Waals surface area contributed by atoms with Gasteiger partial charge in [-0.05, 0) is 99.1 Å². The number of nitrogens with zero attached hydrogens (tertiary/aromatic N) is 3. The fourth-order valence-electron chi connectivity index (χ4n) is 6.18. The van der Waals surface area contributed by atoms with Crippen LogP contribution in [-0.2, 0) is 28.0 Å². The summed E-state index contributed by atoms with van der Waals surface area (Å²) < 4.78 is 0. The van der Waals surface area contributed by atoms with Gasteiger partial charge in [-0.25, -0.2) is 0 Å². The molecule has 0 radical (unpaired) electrons. The molecule has 204 valence electrons. The van der Waals surface area contributed by atoms with E-state index in [0.717, 1.165) is 74.8 Å². The summed E-state index contributed by atoms with van der Waals surface area (Å²) in [5, 5.41) is 13.6. The van der Waals surface area contributed by atoms with Crippen LogP contribution in [0.1, 0.15) is 72.0 Å². The molecule has 1 atom stereocenters. The van der Waals surface area contributed by atoms with Crippen LogP contribution < -0.4 is 5.32 Å². The van der Waals surface area contributed by atoms with Crippen LogP contribution in [0, 0.1) is 11.3 Å². The molecule has 3 amide bonds. The number of amides is 3. The molecule has 2 fully saturated rings. The predicted molar refractivity (Wildman–Crippen MR) is 149 cm³/mol. The van der Waals surface area contributed by atoms with Crippen LogP contribution in [0.15, 0.2) is 36.4 Å². The Labute approximate surface area is 239 Å². The molecule has 7 nitrogen and oxygen atoms in total. The van der Waals surface area contributed by atoms with Gasteiger partial charge in [0.05, 0.1) is 11.5 Å². The number of imide groups is 1. The molecule has 0 spiro atoms. The third-order valence-electron chi connectivity index (χ3n) is 8.47. The minimum Gasteiger partial charge on any atom is -0.322 e. The summed E-state index contributed by atoms with van der Waals surface area (Å²) in [6, 6.07) is 13.1. The van der Waals surface area contributed by atoms with Crippen molar-refractivity contribution in [3.8, 4) is 6.07 Å². The largest absolute Gasteiger partial charge is 0.322 e. The Kier molecular flexibility index (Phi) is 8.27. The van der Waals surface area contributed by atoms with Crippen molar-refractivity contribution in [2.45, 2.75) is 69.4 Å². The lowest BCUT2D eigenvalue weighted by Crippen LogP contribution is -2.52. The number of piperidine rings is 2. The maximum Gasteiger partial charge on any atom is 0.255 e. The zero-order valence-electron chi connectivity index (χ0n) is 21.8. The van der Waals surface area contributed by atoms with Gasteiger partial charge in [0.2, 0.25) is 11.8 Å². The second kappa shape index (κ2) is 11.7. The minimum atomic E-state index is -0.592. The van der Waals surface area contributed by atoms with E-state index in [9.17, 15) is 19.6 Å². The first-order valence-corrected chi connectivity index (χ1v) is 14.4. The van der Waals surface area contributed by atoms with Crippen LogP contribution in [0.4, 0.5) is 0 Å². The molecule has 3 heterocycles. The van der Waals surface area contributed by atoms with E-state index >= 15 is 0 Å². The summed E-state index contributed by atoms with van der Waals surface area (Å²) in [4.78, 5) is 40.9. The summed E-state index contributed by atoms with van der Waals surface area (Å²) in [6.07, 6.45) is 6.11. The van der Waals surface area contributed by atoms with Gasteiger partial charge in [-0.3, -0.25) is 19.7 Å². The lowest BCUT2D eigenvalue weighted by Gasteiger charge is -2.38. The molecule has 1 unspecified atom stereocenters. The van der Waals surface area contributed by atoms with Gasteiger partial charge < -0.3 is 9.80 Å². The zero-order chi connectivity index (χ0) is 27.6. The van der Waals surface area contributed by atoms with Gasteiger partial charge in [-0.1, -0.05) is 41.8 Å². The van der Waals surface area contributed by atoms with Gasteiger partial charge in [0, 0.05) is 28.6 Å². The number of halogens is 2. The molecule has 0 bridgehead atoms. The van der Waals surface area contributed by atoms with Crippen molar-refractivity contribution in [1.82, 2.24) is 15.1 Å². The maximum absolute atomic E-state index is 13.0. The minimum absolute atomic E-state index is 0.126. The van der Waals surface area contributed by atoms with E-state index in [0.29, 0.717) is 28.6 Å². The highest BCUT2D eigenvalue weighted by atomic mass is 35.5. The monoisotopic (exact) mass is 566 g/mol. The number of nitrogens with one attached hydrogen (secondary N) is 1. The topological polar surface area (TPSA) is 93.5 Å². The second-order valence-electron chi connectivity index (χ2n) is 10.8. The van der Waals surface area contributed by atoms with Crippen molar-refractivity contribution in [2.75, 3.05) is 19.6 Å². The number of likely N-dealkylation sites (tertiary alicyclic amines) is 1. The normalized spacial score (nSPS) is 21.0. The third kappa shape index (κ3) is 5.70. The van der Waals surface area contributed by atoms with Crippen LogP contribution in [-0.4, -0.2) is 53.2 Å². The van der Waals surface area contributed by atoms with Crippen molar-refractivity contribution in [1.29, 1.82) is 5.26 Å². The number of carbonyl (C=O) groups excluding carboxylic acids is 3. The van der Waals surface area contributed by atoms with Crippen molar-refractivity contribution in [3.05, 3.63) is 68.7 Å². The number of benzene rings is 2. The van der Waals surface area contributed by atoms with E-state index in [4.69, 9.17) is 23.2 Å². The summed E-state index contributed by atoms with van der Waals surface area (Å²) in [6.45, 7) is 3.10. The highest BCUT2D eigenvalue weighted by Crippen LogP contribution is 2.40. The molecule has 0 aliphatic carbocycles. The van der Waals surface area contributed by atoms with Gasteiger partial charge in [0.1, 0.15) is 6.04 Å². The number of hydrogen-bond donors (Lipinski definition) is 1. The standard InChI is InChI=1S/C30H32Cl2N4O3/c31-21-8-9-25(32)24(17-21)30(19-33)12-15-35(16-13-30)14-3-1-2-5-20-6-4-7-22-23(20)18-36(29(22)39)26-10-11-27(37)34-28(26)38/h4,6-9,17,26H,1-3,5,10-16,18H2,(H,34,37,38). The van der Waals surface area contributed by atoms with Crippen LogP contribution in [0.2, 0.25) is 10.0 Å². The highest BCUT2D eigenvalue weighted by Gasteiger charge is 2.40. The van der Waals surface area contributed by atoms with Crippen molar-refractivity contribution >= 4 is 40.9 Å². The molecule has 0 aromatic heterocycles. The van der Waals surface area contributed by atoms with Crippen molar-refractivity contribution < 1.29 is 14.4 Å². The van der Waals surface area contributed by atoms with Crippen LogP contribution in [0.5, 0.6) is 0 Å². The SMILES string of the molecule is N#CC1(c2cc(Cl)ccc2Cl)CCN(CCCCCc2cccc3c2CN(C2CCC(=O)NC2=O)C3=O)CC1. The van der Waals surface area contributed by atoms with Crippen LogP contribution >= 0.6 is 23.2 Å². The molecule has 9 heteroatoms.